The van der Waals surface area contributed by atoms with Crippen LogP contribution in [0.15, 0.2) is 48.6 Å². The summed E-state index contributed by atoms with van der Waals surface area (Å²) >= 11 is 0. The first kappa shape index (κ1) is 18.8. The summed E-state index contributed by atoms with van der Waals surface area (Å²) in [6, 6.07) is 11.8. The number of hydrogen-bond acceptors (Lipinski definition) is 5. The normalized spacial score (nSPS) is 10.5. The molecule has 0 aliphatic heterocycles. The first-order valence-corrected chi connectivity index (χ1v) is 8.31. The van der Waals surface area contributed by atoms with E-state index in [0.29, 0.717) is 32.0 Å². The molecule has 2 aromatic rings. The topological polar surface area (TPSA) is 54.0 Å². The van der Waals surface area contributed by atoms with Gasteiger partial charge in [-0.05, 0) is 26.0 Å². The lowest BCUT2D eigenvalue weighted by atomic mass is 10.1. The molecule has 0 radical (unpaired) electrons. The molecule has 0 N–H and O–H groups in total. The zero-order valence-corrected chi connectivity index (χ0v) is 14.7. The molecule has 0 atom stereocenters. The molecule has 0 amide bonds. The van der Waals surface area contributed by atoms with Gasteiger partial charge in [-0.3, -0.25) is 0 Å². The van der Waals surface area contributed by atoms with E-state index in [2.05, 4.69) is 6.58 Å². The average Bonchev–Trinajstić information content (AvgIpc) is 2.61. The predicted octanol–water partition coefficient (Wildman–Crippen LogP) is 3.75. The average molecular weight is 344 g/mol. The second-order valence-corrected chi connectivity index (χ2v) is 5.42. The van der Waals surface area contributed by atoms with Crippen LogP contribution in [0.5, 0.6) is 11.5 Å². The Balaban J connectivity index is 1.80. The molecule has 0 heterocycles. The number of benzene rings is 2. The van der Waals surface area contributed by atoms with Crippen LogP contribution in [0.3, 0.4) is 0 Å². The lowest BCUT2D eigenvalue weighted by Crippen LogP contribution is -2.13. The monoisotopic (exact) mass is 344 g/mol. The molecular weight excluding hydrogens is 320 g/mol. The zero-order valence-electron chi connectivity index (χ0n) is 14.7. The fourth-order valence-electron chi connectivity index (χ4n) is 2.29. The Morgan fingerprint density at radius 1 is 0.920 bits per heavy atom. The fraction of sp³-hybridized carbons (Fsp3) is 0.350. The summed E-state index contributed by atoms with van der Waals surface area (Å²) in [6.07, 6.45) is 0. The van der Waals surface area contributed by atoms with Crippen molar-refractivity contribution in [3.05, 3.63) is 48.6 Å². The van der Waals surface area contributed by atoms with Gasteiger partial charge in [-0.2, -0.15) is 0 Å². The molecule has 5 nitrogen and oxygen atoms in total. The van der Waals surface area contributed by atoms with E-state index in [0.717, 1.165) is 22.3 Å². The molecule has 0 aromatic heterocycles. The molecule has 0 spiro atoms. The number of carbonyl (C=O) groups is 1. The second-order valence-electron chi connectivity index (χ2n) is 5.42. The molecule has 0 saturated carbocycles. The van der Waals surface area contributed by atoms with Crippen molar-refractivity contribution in [2.45, 2.75) is 13.8 Å². The summed E-state index contributed by atoms with van der Waals surface area (Å²) < 4.78 is 21.8. The Kier molecular flexibility index (Phi) is 7.29. The van der Waals surface area contributed by atoms with Crippen LogP contribution < -0.4 is 9.47 Å². The van der Waals surface area contributed by atoms with Crippen LogP contribution in [-0.4, -0.2) is 39.0 Å². The van der Waals surface area contributed by atoms with Crippen molar-refractivity contribution in [2.24, 2.45) is 0 Å². The van der Waals surface area contributed by atoms with Crippen molar-refractivity contribution in [3.63, 3.8) is 0 Å². The largest absolute Gasteiger partial charge is 0.493 e. The van der Waals surface area contributed by atoms with Crippen molar-refractivity contribution in [1.29, 1.82) is 0 Å². The summed E-state index contributed by atoms with van der Waals surface area (Å²) in [5, 5.41) is 2.03. The third-order valence-corrected chi connectivity index (χ3v) is 3.44. The van der Waals surface area contributed by atoms with Gasteiger partial charge in [-0.1, -0.05) is 30.8 Å². The zero-order chi connectivity index (χ0) is 18.1. The predicted molar refractivity (Wildman–Crippen MR) is 97.2 cm³/mol. The second kappa shape index (κ2) is 9.69. The van der Waals surface area contributed by atoms with Crippen molar-refractivity contribution in [3.8, 4) is 11.5 Å². The Labute approximate surface area is 148 Å². The smallest absolute Gasteiger partial charge is 0.333 e. The number of carbonyl (C=O) groups excluding carboxylic acids is 1. The highest BCUT2D eigenvalue weighted by Crippen LogP contribution is 2.32. The number of esters is 1. The minimum Gasteiger partial charge on any atom is -0.493 e. The van der Waals surface area contributed by atoms with Gasteiger partial charge in [0.05, 0.1) is 19.8 Å². The van der Waals surface area contributed by atoms with E-state index in [9.17, 15) is 4.79 Å². The van der Waals surface area contributed by atoms with E-state index >= 15 is 0 Å². The van der Waals surface area contributed by atoms with Gasteiger partial charge in [0, 0.05) is 16.3 Å². The summed E-state index contributed by atoms with van der Waals surface area (Å²) in [6.45, 7) is 9.06. The van der Waals surface area contributed by atoms with Crippen LogP contribution in [0.4, 0.5) is 0 Å². The number of rotatable bonds is 10. The highest BCUT2D eigenvalue weighted by Gasteiger charge is 2.06. The first-order chi connectivity index (χ1) is 12.1. The Hall–Kier alpha value is -2.53. The van der Waals surface area contributed by atoms with Crippen molar-refractivity contribution < 1.29 is 23.7 Å². The van der Waals surface area contributed by atoms with E-state index in [1.165, 1.54) is 0 Å². The summed E-state index contributed by atoms with van der Waals surface area (Å²) in [5.41, 5.74) is 0.380. The van der Waals surface area contributed by atoms with E-state index in [1.807, 2.05) is 43.3 Å². The summed E-state index contributed by atoms with van der Waals surface area (Å²) in [4.78, 5) is 11.2. The summed E-state index contributed by atoms with van der Waals surface area (Å²) in [7, 11) is 0. The molecule has 0 unspecified atom stereocenters. The van der Waals surface area contributed by atoms with Crippen molar-refractivity contribution in [1.82, 2.24) is 0 Å². The maximum absolute atomic E-state index is 11.2. The van der Waals surface area contributed by atoms with Crippen molar-refractivity contribution >= 4 is 16.7 Å². The first-order valence-electron chi connectivity index (χ1n) is 8.31. The molecule has 0 aliphatic rings. The van der Waals surface area contributed by atoms with Gasteiger partial charge in [0.25, 0.3) is 0 Å². The molecule has 25 heavy (non-hydrogen) atoms. The Morgan fingerprint density at radius 3 is 2.12 bits per heavy atom. The molecule has 2 rings (SSSR count). The van der Waals surface area contributed by atoms with Crippen LogP contribution in [0.1, 0.15) is 13.8 Å². The van der Waals surface area contributed by atoms with Gasteiger partial charge in [0.1, 0.15) is 24.7 Å². The van der Waals surface area contributed by atoms with E-state index < -0.39 is 5.97 Å². The van der Waals surface area contributed by atoms with Gasteiger partial charge in [0.2, 0.25) is 0 Å². The standard InChI is InChI=1S/C20H24O5/c1-4-23-18-9-5-8-17-16(18)7-6-10-19(17)24-13-11-22-12-14-25-20(21)15(2)3/h5-10H,2,4,11-14H2,1,3H3. The van der Waals surface area contributed by atoms with Gasteiger partial charge in [0.15, 0.2) is 0 Å². The number of ether oxygens (including phenoxy) is 4. The molecule has 2 aromatic carbocycles. The number of hydrogen-bond donors (Lipinski definition) is 0. The van der Waals surface area contributed by atoms with E-state index in [1.54, 1.807) is 6.92 Å². The Morgan fingerprint density at radius 2 is 1.52 bits per heavy atom. The fourth-order valence-corrected chi connectivity index (χ4v) is 2.29. The van der Waals surface area contributed by atoms with E-state index in [-0.39, 0.29) is 6.61 Å². The van der Waals surface area contributed by atoms with Gasteiger partial charge in [-0.15, -0.1) is 0 Å². The summed E-state index contributed by atoms with van der Waals surface area (Å²) in [5.74, 6) is 1.23. The molecule has 134 valence electrons. The minimum atomic E-state index is -0.402. The molecule has 0 saturated heterocycles. The minimum absolute atomic E-state index is 0.206. The Bertz CT molecular complexity index is 723. The number of fused-ring (bicyclic) bond motifs is 1. The maximum Gasteiger partial charge on any atom is 0.333 e. The van der Waals surface area contributed by atoms with Crippen LogP contribution in [0, 0.1) is 0 Å². The van der Waals surface area contributed by atoms with Gasteiger partial charge < -0.3 is 18.9 Å². The lowest BCUT2D eigenvalue weighted by molar-refractivity contribution is -0.140. The molecular formula is C20H24O5. The lowest BCUT2D eigenvalue weighted by Gasteiger charge is -2.12. The third-order valence-electron chi connectivity index (χ3n) is 3.44. The highest BCUT2D eigenvalue weighted by atomic mass is 16.6. The molecule has 0 bridgehead atoms. The van der Waals surface area contributed by atoms with E-state index in [4.69, 9.17) is 18.9 Å². The SMILES string of the molecule is C=C(C)C(=O)OCCOCCOc1cccc2c(OCC)cccc12. The van der Waals surface area contributed by atoms with Gasteiger partial charge in [-0.25, -0.2) is 4.79 Å². The molecule has 0 fully saturated rings. The van der Waals surface area contributed by atoms with Crippen LogP contribution in [0.2, 0.25) is 0 Å². The highest BCUT2D eigenvalue weighted by molar-refractivity contribution is 5.93. The van der Waals surface area contributed by atoms with Gasteiger partial charge >= 0.3 is 5.97 Å². The maximum atomic E-state index is 11.2. The van der Waals surface area contributed by atoms with Crippen LogP contribution in [0.25, 0.3) is 10.8 Å². The van der Waals surface area contributed by atoms with Crippen molar-refractivity contribution in [2.75, 3.05) is 33.0 Å². The third kappa shape index (κ3) is 5.50. The molecule has 5 heteroatoms. The van der Waals surface area contributed by atoms with Crippen LogP contribution in [-0.2, 0) is 14.3 Å². The quantitative estimate of drug-likeness (QED) is 0.373. The molecule has 0 aliphatic carbocycles. The van der Waals surface area contributed by atoms with Crippen LogP contribution >= 0.6 is 0 Å².